The number of aliphatic imine (C=N–C) groups is 1. The minimum Gasteiger partial charge on any atom is -0.335 e. The number of nitrogens with zero attached hydrogens (tertiary/aromatic N) is 4. The van der Waals surface area contributed by atoms with Crippen LogP contribution in [0.1, 0.15) is 43.7 Å². The number of nitrogens with one attached hydrogen (secondary N) is 3. The quantitative estimate of drug-likeness (QED) is 0.396. The largest absolute Gasteiger partial charge is 0.335 e. The number of non-ortho nitro benzene ring substituents is 1. The maximum atomic E-state index is 14.5. The van der Waals surface area contributed by atoms with Gasteiger partial charge in [0.2, 0.25) is 5.96 Å². The summed E-state index contributed by atoms with van der Waals surface area (Å²) in [4.78, 5) is 15.3. The number of hydrogen-bond donors (Lipinski definition) is 4. The van der Waals surface area contributed by atoms with Gasteiger partial charge >= 0.3 is 0 Å². The van der Waals surface area contributed by atoms with Crippen LogP contribution in [0.5, 0.6) is 0 Å². The van der Waals surface area contributed by atoms with Gasteiger partial charge in [-0.2, -0.15) is 9.78 Å². The molecule has 0 bridgehead atoms. The highest BCUT2D eigenvalue weighted by Crippen LogP contribution is 2.31. The van der Waals surface area contributed by atoms with Crippen LogP contribution >= 0.6 is 0 Å². The zero-order valence-corrected chi connectivity index (χ0v) is 18.2. The molecule has 32 heavy (non-hydrogen) atoms. The molecule has 172 valence electrons. The van der Waals surface area contributed by atoms with Gasteiger partial charge in [0, 0.05) is 30.7 Å². The van der Waals surface area contributed by atoms with E-state index >= 15 is 0 Å². The molecule has 10 nitrogen and oxygen atoms in total. The number of hydrogen-bond acceptors (Lipinski definition) is 7. The van der Waals surface area contributed by atoms with E-state index in [1.807, 2.05) is 0 Å². The SMILES string of the molecule is CC(C)c1cnn2c1NC(N)(C[C@H]1CCNC[C@@H]1F)NC2=NCc1cccc([N+](=O)[O-])c1. The minimum absolute atomic E-state index is 0.0101. The van der Waals surface area contributed by atoms with Gasteiger partial charge in [0.25, 0.3) is 5.69 Å². The topological polar surface area (TPSA) is 135 Å². The van der Waals surface area contributed by atoms with E-state index < -0.39 is 16.9 Å². The lowest BCUT2D eigenvalue weighted by Crippen LogP contribution is -2.67. The molecule has 5 N–H and O–H groups in total. The Bertz CT molecular complexity index is 1020. The summed E-state index contributed by atoms with van der Waals surface area (Å²) in [5.74, 6) is 0.0381. The molecule has 2 aliphatic heterocycles. The Hall–Kier alpha value is -3.05. The Morgan fingerprint density at radius 2 is 2.25 bits per heavy atom. The number of rotatable bonds is 6. The van der Waals surface area contributed by atoms with Gasteiger partial charge in [0.05, 0.1) is 17.7 Å². The predicted octanol–water partition coefficient (Wildman–Crippen LogP) is 2.28. The second kappa shape index (κ2) is 8.83. The summed E-state index contributed by atoms with van der Waals surface area (Å²) in [5, 5.41) is 25.1. The van der Waals surface area contributed by atoms with Crippen molar-refractivity contribution in [2.45, 2.75) is 51.1 Å². The van der Waals surface area contributed by atoms with Gasteiger partial charge in [-0.1, -0.05) is 26.0 Å². The van der Waals surface area contributed by atoms with E-state index in [-0.39, 0.29) is 24.1 Å². The number of piperidine rings is 1. The van der Waals surface area contributed by atoms with Crippen LogP contribution in [-0.4, -0.2) is 45.7 Å². The lowest BCUT2D eigenvalue weighted by atomic mass is 9.89. The predicted molar refractivity (Wildman–Crippen MR) is 120 cm³/mol. The van der Waals surface area contributed by atoms with Crippen LogP contribution in [0.4, 0.5) is 15.9 Å². The lowest BCUT2D eigenvalue weighted by molar-refractivity contribution is -0.384. The van der Waals surface area contributed by atoms with Crippen LogP contribution in [0.15, 0.2) is 35.5 Å². The van der Waals surface area contributed by atoms with Gasteiger partial charge < -0.3 is 16.0 Å². The smallest absolute Gasteiger partial charge is 0.269 e. The zero-order valence-electron chi connectivity index (χ0n) is 18.2. The summed E-state index contributed by atoms with van der Waals surface area (Å²) in [6.45, 7) is 5.40. The summed E-state index contributed by atoms with van der Waals surface area (Å²) in [6, 6.07) is 6.34. The fraction of sp³-hybridized carbons (Fsp3) is 0.524. The van der Waals surface area contributed by atoms with Gasteiger partial charge in [-0.25, -0.2) is 9.38 Å². The molecule has 3 atom stereocenters. The molecule has 0 amide bonds. The highest BCUT2D eigenvalue weighted by Gasteiger charge is 2.40. The van der Waals surface area contributed by atoms with Gasteiger partial charge in [-0.3, -0.25) is 15.8 Å². The molecule has 2 aromatic rings. The third kappa shape index (κ3) is 4.58. The van der Waals surface area contributed by atoms with Crippen LogP contribution < -0.4 is 21.7 Å². The van der Waals surface area contributed by atoms with Crippen molar-refractivity contribution in [1.29, 1.82) is 0 Å². The van der Waals surface area contributed by atoms with Crippen molar-refractivity contribution >= 4 is 17.5 Å². The highest BCUT2D eigenvalue weighted by molar-refractivity contribution is 5.88. The molecular weight excluding hydrogens is 415 g/mol. The number of anilines is 1. The number of nitro groups is 1. The minimum atomic E-state index is -1.10. The van der Waals surface area contributed by atoms with Crippen molar-refractivity contribution in [2.75, 3.05) is 18.4 Å². The molecule has 0 saturated carbocycles. The third-order valence-corrected chi connectivity index (χ3v) is 5.96. The second-order valence-corrected chi connectivity index (χ2v) is 8.78. The average molecular weight is 445 g/mol. The molecule has 1 saturated heterocycles. The first-order chi connectivity index (χ1) is 15.3. The van der Waals surface area contributed by atoms with Crippen LogP contribution in [0.25, 0.3) is 0 Å². The number of nitrogens with two attached hydrogens (primary N) is 1. The molecule has 1 unspecified atom stereocenters. The van der Waals surface area contributed by atoms with Crippen LogP contribution in [0, 0.1) is 16.0 Å². The fourth-order valence-corrected chi connectivity index (χ4v) is 4.23. The third-order valence-electron chi connectivity index (χ3n) is 5.96. The zero-order chi connectivity index (χ0) is 22.9. The summed E-state index contributed by atoms with van der Waals surface area (Å²) in [6.07, 6.45) is 1.86. The lowest BCUT2D eigenvalue weighted by Gasteiger charge is -2.41. The van der Waals surface area contributed by atoms with Crippen LogP contribution in [-0.2, 0) is 6.54 Å². The number of nitro benzene ring substituents is 1. The Balaban J connectivity index is 1.64. The summed E-state index contributed by atoms with van der Waals surface area (Å²) < 4.78 is 16.2. The van der Waals surface area contributed by atoms with E-state index in [1.54, 1.807) is 23.0 Å². The van der Waals surface area contributed by atoms with Gasteiger partial charge in [-0.15, -0.1) is 0 Å². The molecule has 4 rings (SSSR count). The van der Waals surface area contributed by atoms with Crippen LogP contribution in [0.2, 0.25) is 0 Å². The first-order valence-electron chi connectivity index (χ1n) is 10.8. The number of halogens is 1. The number of alkyl halides is 1. The Kier molecular flexibility index (Phi) is 6.11. The van der Waals surface area contributed by atoms with Crippen molar-refractivity contribution < 1.29 is 9.31 Å². The van der Waals surface area contributed by atoms with E-state index in [9.17, 15) is 14.5 Å². The summed E-state index contributed by atoms with van der Waals surface area (Å²) in [5.41, 5.74) is 8.38. The van der Waals surface area contributed by atoms with Crippen molar-refractivity contribution in [1.82, 2.24) is 20.4 Å². The molecule has 0 spiro atoms. The molecule has 2 aliphatic rings. The van der Waals surface area contributed by atoms with Crippen molar-refractivity contribution in [3.05, 3.63) is 51.7 Å². The van der Waals surface area contributed by atoms with Gasteiger partial charge in [0.1, 0.15) is 12.0 Å². The Morgan fingerprint density at radius 1 is 1.44 bits per heavy atom. The number of benzene rings is 1. The van der Waals surface area contributed by atoms with Gasteiger partial charge in [0.15, 0.2) is 5.79 Å². The summed E-state index contributed by atoms with van der Waals surface area (Å²) in [7, 11) is 0. The molecule has 11 heteroatoms. The summed E-state index contributed by atoms with van der Waals surface area (Å²) >= 11 is 0. The molecular formula is C21H29FN8O2. The van der Waals surface area contributed by atoms with Crippen molar-refractivity contribution in [3.8, 4) is 0 Å². The first kappa shape index (κ1) is 22.2. The number of aromatic nitrogens is 2. The van der Waals surface area contributed by atoms with E-state index in [1.165, 1.54) is 12.1 Å². The first-order valence-corrected chi connectivity index (χ1v) is 10.8. The fourth-order valence-electron chi connectivity index (χ4n) is 4.23. The molecule has 0 aliphatic carbocycles. The Labute approximate surface area is 185 Å². The molecule has 1 aromatic heterocycles. The normalized spacial score (nSPS) is 26.5. The van der Waals surface area contributed by atoms with E-state index in [2.05, 4.69) is 39.9 Å². The van der Waals surface area contributed by atoms with E-state index in [0.717, 1.165) is 17.9 Å². The number of fused-ring (bicyclic) bond motifs is 1. The van der Waals surface area contributed by atoms with E-state index in [0.29, 0.717) is 30.9 Å². The molecule has 1 aromatic carbocycles. The second-order valence-electron chi connectivity index (χ2n) is 8.78. The standard InChI is InChI=1S/C21H29FN8O2/c1-13(2)17-11-26-29-19(17)27-21(23,9-15-6-7-24-12-18(15)22)28-20(29)25-10-14-4-3-5-16(8-14)30(31)32/h3-5,8,11,13,15,18,24,27H,6-7,9-10,12,23H2,1-2H3,(H,25,28)/t15-,18+,21?/m1/s1. The van der Waals surface area contributed by atoms with E-state index in [4.69, 9.17) is 5.73 Å². The van der Waals surface area contributed by atoms with Crippen molar-refractivity contribution in [3.63, 3.8) is 0 Å². The maximum Gasteiger partial charge on any atom is 0.269 e. The molecule has 1 fully saturated rings. The monoisotopic (exact) mass is 444 g/mol. The molecule has 3 heterocycles. The van der Waals surface area contributed by atoms with Gasteiger partial charge in [-0.05, 0) is 30.4 Å². The Morgan fingerprint density at radius 3 is 2.97 bits per heavy atom. The maximum absolute atomic E-state index is 14.5. The highest BCUT2D eigenvalue weighted by atomic mass is 19.1. The van der Waals surface area contributed by atoms with Crippen LogP contribution in [0.3, 0.4) is 0 Å². The molecule has 0 radical (unpaired) electrons. The van der Waals surface area contributed by atoms with Crippen molar-refractivity contribution in [2.24, 2.45) is 16.6 Å². The average Bonchev–Trinajstić information content (AvgIpc) is 3.17.